The Labute approximate surface area is 110 Å². The molecule has 1 aromatic carbocycles. The quantitative estimate of drug-likeness (QED) is 0.731. The molecule has 0 saturated carbocycles. The molecule has 1 aromatic rings. The molecule has 0 radical (unpaired) electrons. The van der Waals surface area contributed by atoms with Gasteiger partial charge in [-0.2, -0.15) is 0 Å². The van der Waals surface area contributed by atoms with Gasteiger partial charge in [0.2, 0.25) is 0 Å². The Morgan fingerprint density at radius 2 is 1.89 bits per heavy atom. The van der Waals surface area contributed by atoms with E-state index in [9.17, 15) is 0 Å². The molecule has 0 amide bonds. The first-order valence-electron chi connectivity index (χ1n) is 6.62. The Kier molecular flexibility index (Phi) is 7.46. The van der Waals surface area contributed by atoms with Crippen molar-refractivity contribution < 1.29 is 9.47 Å². The summed E-state index contributed by atoms with van der Waals surface area (Å²) < 4.78 is 10.4. The molecular weight excluding hydrogens is 226 g/mol. The summed E-state index contributed by atoms with van der Waals surface area (Å²) in [5.74, 6) is 1.54. The van der Waals surface area contributed by atoms with E-state index in [1.54, 1.807) is 14.2 Å². The Balaban J connectivity index is 2.51. The van der Waals surface area contributed by atoms with Crippen molar-refractivity contribution in [2.45, 2.75) is 19.8 Å². The Bertz CT molecular complexity index is 303. The number of ether oxygens (including phenoxy) is 2. The highest BCUT2D eigenvalue weighted by Gasteiger charge is 2.09. The number of nitrogens with one attached hydrogen (secondary N) is 1. The molecule has 0 spiro atoms. The maximum atomic E-state index is 5.18. The average Bonchev–Trinajstić information content (AvgIpc) is 2.42. The van der Waals surface area contributed by atoms with Crippen LogP contribution in [0, 0.1) is 5.92 Å². The van der Waals surface area contributed by atoms with Gasteiger partial charge in [0.1, 0.15) is 5.75 Å². The van der Waals surface area contributed by atoms with Crippen LogP contribution in [0.2, 0.25) is 0 Å². The van der Waals surface area contributed by atoms with Gasteiger partial charge in [0.25, 0.3) is 0 Å². The predicted octanol–water partition coefficient (Wildman–Crippen LogP) is 2.50. The highest BCUT2D eigenvalue weighted by Crippen LogP contribution is 2.16. The van der Waals surface area contributed by atoms with Crippen LogP contribution in [0.1, 0.15) is 18.9 Å². The Hall–Kier alpha value is -1.06. The lowest BCUT2D eigenvalue weighted by atomic mass is 9.96. The standard InChI is InChI=1S/C15H25NO2/c1-4-16-12-14(9-10-17-2)11-13-5-7-15(18-3)8-6-13/h5-8,14,16H,4,9-12H2,1-3H3. The lowest BCUT2D eigenvalue weighted by molar-refractivity contribution is 0.176. The number of benzene rings is 1. The summed E-state index contributed by atoms with van der Waals surface area (Å²) in [6.45, 7) is 5.03. The van der Waals surface area contributed by atoms with Gasteiger partial charge in [-0.3, -0.25) is 0 Å². The maximum absolute atomic E-state index is 5.18. The van der Waals surface area contributed by atoms with E-state index in [1.165, 1.54) is 5.56 Å². The molecule has 102 valence electrons. The fraction of sp³-hybridized carbons (Fsp3) is 0.600. The van der Waals surface area contributed by atoms with Crippen molar-refractivity contribution in [2.75, 3.05) is 33.9 Å². The molecule has 0 aromatic heterocycles. The molecule has 0 saturated heterocycles. The van der Waals surface area contributed by atoms with E-state index in [0.29, 0.717) is 5.92 Å². The highest BCUT2D eigenvalue weighted by molar-refractivity contribution is 5.27. The second kappa shape index (κ2) is 8.95. The summed E-state index contributed by atoms with van der Waals surface area (Å²) in [5.41, 5.74) is 1.36. The number of rotatable bonds is 9. The minimum absolute atomic E-state index is 0.623. The van der Waals surface area contributed by atoms with Gasteiger partial charge in [0.05, 0.1) is 7.11 Å². The van der Waals surface area contributed by atoms with Crippen molar-refractivity contribution >= 4 is 0 Å². The summed E-state index contributed by atoms with van der Waals surface area (Å²) in [6.07, 6.45) is 2.18. The number of hydrogen-bond donors (Lipinski definition) is 1. The van der Waals surface area contributed by atoms with Crippen molar-refractivity contribution in [3.8, 4) is 5.75 Å². The number of methoxy groups -OCH3 is 2. The minimum Gasteiger partial charge on any atom is -0.497 e. The smallest absolute Gasteiger partial charge is 0.118 e. The van der Waals surface area contributed by atoms with E-state index < -0.39 is 0 Å². The normalized spacial score (nSPS) is 12.4. The van der Waals surface area contributed by atoms with Crippen LogP contribution in [0.25, 0.3) is 0 Å². The summed E-state index contributed by atoms with van der Waals surface area (Å²) >= 11 is 0. The molecule has 3 nitrogen and oxygen atoms in total. The van der Waals surface area contributed by atoms with E-state index in [2.05, 4.69) is 24.4 Å². The third kappa shape index (κ3) is 5.52. The van der Waals surface area contributed by atoms with Crippen LogP contribution in [0.3, 0.4) is 0 Å². The summed E-state index contributed by atoms with van der Waals surface area (Å²) in [5, 5.41) is 3.42. The van der Waals surface area contributed by atoms with Gasteiger partial charge < -0.3 is 14.8 Å². The summed E-state index contributed by atoms with van der Waals surface area (Å²) in [4.78, 5) is 0. The Morgan fingerprint density at radius 1 is 1.17 bits per heavy atom. The van der Waals surface area contributed by atoms with Gasteiger partial charge in [-0.05, 0) is 49.5 Å². The molecule has 0 heterocycles. The van der Waals surface area contributed by atoms with Crippen molar-refractivity contribution in [2.24, 2.45) is 5.92 Å². The van der Waals surface area contributed by atoms with E-state index in [0.717, 1.165) is 38.3 Å². The molecule has 0 aliphatic rings. The molecule has 0 fully saturated rings. The first-order valence-corrected chi connectivity index (χ1v) is 6.62. The zero-order valence-electron chi connectivity index (χ0n) is 11.7. The first kappa shape index (κ1) is 15.0. The molecule has 1 N–H and O–H groups in total. The molecule has 0 aliphatic carbocycles. The third-order valence-electron chi connectivity index (χ3n) is 3.10. The SMILES string of the molecule is CCNCC(CCOC)Cc1ccc(OC)cc1. The van der Waals surface area contributed by atoms with E-state index >= 15 is 0 Å². The number of hydrogen-bond acceptors (Lipinski definition) is 3. The summed E-state index contributed by atoms with van der Waals surface area (Å²) in [6, 6.07) is 8.33. The molecule has 3 heteroatoms. The lowest BCUT2D eigenvalue weighted by Gasteiger charge is -2.17. The lowest BCUT2D eigenvalue weighted by Crippen LogP contribution is -2.25. The van der Waals surface area contributed by atoms with Crippen molar-refractivity contribution in [1.29, 1.82) is 0 Å². The van der Waals surface area contributed by atoms with Crippen LogP contribution in [-0.2, 0) is 11.2 Å². The van der Waals surface area contributed by atoms with E-state index in [-0.39, 0.29) is 0 Å². The topological polar surface area (TPSA) is 30.5 Å². The third-order valence-corrected chi connectivity index (χ3v) is 3.10. The molecule has 1 unspecified atom stereocenters. The zero-order valence-corrected chi connectivity index (χ0v) is 11.7. The van der Waals surface area contributed by atoms with Gasteiger partial charge in [0.15, 0.2) is 0 Å². The molecule has 0 aliphatic heterocycles. The van der Waals surface area contributed by atoms with Gasteiger partial charge in [0, 0.05) is 13.7 Å². The van der Waals surface area contributed by atoms with Crippen LogP contribution in [0.5, 0.6) is 5.75 Å². The van der Waals surface area contributed by atoms with Crippen LogP contribution in [0.4, 0.5) is 0 Å². The Morgan fingerprint density at radius 3 is 2.44 bits per heavy atom. The molecule has 1 rings (SSSR count). The largest absolute Gasteiger partial charge is 0.497 e. The average molecular weight is 251 g/mol. The monoisotopic (exact) mass is 251 g/mol. The van der Waals surface area contributed by atoms with Crippen molar-refractivity contribution in [3.05, 3.63) is 29.8 Å². The second-order valence-electron chi connectivity index (χ2n) is 4.51. The maximum Gasteiger partial charge on any atom is 0.118 e. The van der Waals surface area contributed by atoms with Crippen LogP contribution < -0.4 is 10.1 Å². The predicted molar refractivity (Wildman–Crippen MR) is 75.2 cm³/mol. The van der Waals surface area contributed by atoms with Crippen LogP contribution >= 0.6 is 0 Å². The van der Waals surface area contributed by atoms with E-state index in [1.807, 2.05) is 12.1 Å². The summed E-state index contributed by atoms with van der Waals surface area (Å²) in [7, 11) is 3.46. The molecule has 18 heavy (non-hydrogen) atoms. The van der Waals surface area contributed by atoms with Gasteiger partial charge in [-0.1, -0.05) is 19.1 Å². The van der Waals surface area contributed by atoms with Crippen LogP contribution in [0.15, 0.2) is 24.3 Å². The zero-order chi connectivity index (χ0) is 13.2. The van der Waals surface area contributed by atoms with Gasteiger partial charge in [-0.15, -0.1) is 0 Å². The fourth-order valence-electron chi connectivity index (χ4n) is 2.00. The van der Waals surface area contributed by atoms with Crippen molar-refractivity contribution in [1.82, 2.24) is 5.32 Å². The fourth-order valence-corrected chi connectivity index (χ4v) is 2.00. The molecular formula is C15H25NO2. The van der Waals surface area contributed by atoms with Crippen LogP contribution in [-0.4, -0.2) is 33.9 Å². The molecule has 1 atom stereocenters. The minimum atomic E-state index is 0.623. The highest BCUT2D eigenvalue weighted by atomic mass is 16.5. The second-order valence-corrected chi connectivity index (χ2v) is 4.51. The van der Waals surface area contributed by atoms with Gasteiger partial charge >= 0.3 is 0 Å². The van der Waals surface area contributed by atoms with Gasteiger partial charge in [-0.25, -0.2) is 0 Å². The first-order chi connectivity index (χ1) is 8.80. The van der Waals surface area contributed by atoms with E-state index in [4.69, 9.17) is 9.47 Å². The molecule has 0 bridgehead atoms. The van der Waals surface area contributed by atoms with Crippen molar-refractivity contribution in [3.63, 3.8) is 0 Å².